The van der Waals surface area contributed by atoms with E-state index < -0.39 is 0 Å². The van der Waals surface area contributed by atoms with E-state index in [4.69, 9.17) is 14.0 Å². The van der Waals surface area contributed by atoms with Crippen LogP contribution in [-0.4, -0.2) is 40.8 Å². The van der Waals surface area contributed by atoms with Crippen molar-refractivity contribution in [3.05, 3.63) is 35.5 Å². The van der Waals surface area contributed by atoms with Gasteiger partial charge in [0.05, 0.1) is 5.56 Å². The van der Waals surface area contributed by atoms with Crippen LogP contribution in [0.3, 0.4) is 0 Å². The van der Waals surface area contributed by atoms with Crippen molar-refractivity contribution in [1.82, 2.24) is 15.0 Å². The van der Waals surface area contributed by atoms with Crippen LogP contribution in [0.4, 0.5) is 0 Å². The molecule has 2 aliphatic rings. The summed E-state index contributed by atoms with van der Waals surface area (Å²) in [5.74, 6) is 2.76. The number of para-hydroxylation sites is 1. The summed E-state index contributed by atoms with van der Waals surface area (Å²) in [5.41, 5.74) is 0.548. The molecule has 2 aliphatic heterocycles. The number of piperidine rings is 1. The maximum absolute atomic E-state index is 13.0. The van der Waals surface area contributed by atoms with Crippen LogP contribution < -0.4 is 9.47 Å². The highest BCUT2D eigenvalue weighted by atomic mass is 16.7. The Labute approximate surface area is 145 Å². The van der Waals surface area contributed by atoms with Crippen molar-refractivity contribution in [2.45, 2.75) is 38.5 Å². The first kappa shape index (κ1) is 15.9. The first-order valence-corrected chi connectivity index (χ1v) is 8.65. The van der Waals surface area contributed by atoms with Crippen molar-refractivity contribution >= 4 is 5.91 Å². The summed E-state index contributed by atoms with van der Waals surface area (Å²) in [6.07, 6.45) is 1.86. The summed E-state index contributed by atoms with van der Waals surface area (Å²) < 4.78 is 16.2. The molecule has 1 amide bonds. The number of fused-ring (bicyclic) bond motifs is 1. The lowest BCUT2D eigenvalue weighted by molar-refractivity contribution is 0.0699. The normalized spacial score (nSPS) is 19.5. The van der Waals surface area contributed by atoms with E-state index in [-0.39, 0.29) is 24.5 Å². The molecule has 1 atom stereocenters. The lowest BCUT2D eigenvalue weighted by atomic mass is 9.96. The molecule has 0 spiro atoms. The Morgan fingerprint density at radius 2 is 2.20 bits per heavy atom. The standard InChI is InChI=1S/C18H21N3O4/c1-11(2)17-19-16(20-25-17)12-5-4-8-21(9-12)18(22)13-6-3-7-14-15(13)24-10-23-14/h3,6-7,11-12H,4-5,8-10H2,1-2H3/t12-/m1/s1. The Bertz CT molecular complexity index is 786. The van der Waals surface area contributed by atoms with Gasteiger partial charge in [-0.05, 0) is 25.0 Å². The average molecular weight is 343 g/mol. The van der Waals surface area contributed by atoms with Crippen LogP contribution in [0.15, 0.2) is 22.7 Å². The van der Waals surface area contributed by atoms with E-state index in [1.807, 2.05) is 30.9 Å². The summed E-state index contributed by atoms with van der Waals surface area (Å²) in [5, 5.41) is 4.12. The zero-order chi connectivity index (χ0) is 17.4. The third-order valence-corrected chi connectivity index (χ3v) is 4.65. The Hall–Kier alpha value is -2.57. The number of nitrogens with zero attached hydrogens (tertiary/aromatic N) is 3. The Morgan fingerprint density at radius 3 is 3.00 bits per heavy atom. The molecule has 0 aliphatic carbocycles. The van der Waals surface area contributed by atoms with Crippen molar-refractivity contribution in [2.75, 3.05) is 19.9 Å². The second-order valence-corrected chi connectivity index (χ2v) is 6.78. The van der Waals surface area contributed by atoms with Crippen LogP contribution in [0.25, 0.3) is 0 Å². The number of rotatable bonds is 3. The van der Waals surface area contributed by atoms with E-state index in [1.165, 1.54) is 0 Å². The van der Waals surface area contributed by atoms with Crippen molar-refractivity contribution in [2.24, 2.45) is 0 Å². The van der Waals surface area contributed by atoms with Crippen LogP contribution in [0.1, 0.15) is 60.6 Å². The predicted octanol–water partition coefficient (Wildman–Crippen LogP) is 2.94. The van der Waals surface area contributed by atoms with Gasteiger partial charge in [0.25, 0.3) is 5.91 Å². The average Bonchev–Trinajstić information content (AvgIpc) is 3.30. The lowest BCUT2D eigenvalue weighted by Gasteiger charge is -2.31. The van der Waals surface area contributed by atoms with Gasteiger partial charge >= 0.3 is 0 Å². The topological polar surface area (TPSA) is 77.7 Å². The molecule has 1 fully saturated rings. The third-order valence-electron chi connectivity index (χ3n) is 4.65. The van der Waals surface area contributed by atoms with Crippen molar-refractivity contribution in [1.29, 1.82) is 0 Å². The van der Waals surface area contributed by atoms with Crippen LogP contribution in [0.5, 0.6) is 11.5 Å². The van der Waals surface area contributed by atoms with E-state index in [0.29, 0.717) is 35.3 Å². The highest BCUT2D eigenvalue weighted by Crippen LogP contribution is 2.37. The number of carbonyl (C=O) groups is 1. The minimum Gasteiger partial charge on any atom is -0.454 e. The first-order valence-electron chi connectivity index (χ1n) is 8.65. The number of hydrogen-bond donors (Lipinski definition) is 0. The SMILES string of the molecule is CC(C)c1nc([C@@H]2CCCN(C(=O)c3cccc4c3OCO4)C2)no1. The van der Waals surface area contributed by atoms with Crippen LogP contribution in [-0.2, 0) is 0 Å². The van der Waals surface area contributed by atoms with Crippen LogP contribution >= 0.6 is 0 Å². The number of amides is 1. The maximum Gasteiger partial charge on any atom is 0.257 e. The summed E-state index contributed by atoms with van der Waals surface area (Å²) in [7, 11) is 0. The maximum atomic E-state index is 13.0. The van der Waals surface area contributed by atoms with Gasteiger partial charge in [-0.3, -0.25) is 4.79 Å². The summed E-state index contributed by atoms with van der Waals surface area (Å²) in [4.78, 5) is 19.3. The van der Waals surface area contributed by atoms with Gasteiger partial charge in [0, 0.05) is 24.9 Å². The highest BCUT2D eigenvalue weighted by molar-refractivity contribution is 5.98. The van der Waals surface area contributed by atoms with E-state index in [1.54, 1.807) is 6.07 Å². The molecule has 0 N–H and O–H groups in total. The minimum atomic E-state index is -0.0420. The lowest BCUT2D eigenvalue weighted by Crippen LogP contribution is -2.39. The summed E-state index contributed by atoms with van der Waals surface area (Å²) in [6.45, 7) is 5.50. The van der Waals surface area contributed by atoms with E-state index in [9.17, 15) is 4.79 Å². The molecule has 4 rings (SSSR count). The number of ether oxygens (including phenoxy) is 2. The zero-order valence-electron chi connectivity index (χ0n) is 14.4. The molecule has 7 heteroatoms. The van der Waals surface area contributed by atoms with Crippen molar-refractivity contribution < 1.29 is 18.8 Å². The predicted molar refractivity (Wildman–Crippen MR) is 88.8 cm³/mol. The first-order chi connectivity index (χ1) is 12.1. The molecule has 1 aromatic carbocycles. The molecule has 1 saturated heterocycles. The highest BCUT2D eigenvalue weighted by Gasteiger charge is 2.31. The molecule has 7 nitrogen and oxygen atoms in total. The molecule has 2 aromatic rings. The fourth-order valence-corrected chi connectivity index (χ4v) is 3.29. The van der Waals surface area contributed by atoms with E-state index in [2.05, 4.69) is 10.1 Å². The molecule has 0 unspecified atom stereocenters. The Kier molecular flexibility index (Phi) is 4.07. The number of hydrogen-bond acceptors (Lipinski definition) is 6. The van der Waals surface area contributed by atoms with Gasteiger partial charge in [-0.25, -0.2) is 0 Å². The number of likely N-dealkylation sites (tertiary alicyclic amines) is 1. The van der Waals surface area contributed by atoms with E-state index in [0.717, 1.165) is 19.4 Å². The largest absolute Gasteiger partial charge is 0.454 e. The minimum absolute atomic E-state index is 0.0420. The van der Waals surface area contributed by atoms with Crippen LogP contribution in [0.2, 0.25) is 0 Å². The molecular formula is C18H21N3O4. The van der Waals surface area contributed by atoms with Gasteiger partial charge < -0.3 is 18.9 Å². The van der Waals surface area contributed by atoms with Gasteiger partial charge in [0.1, 0.15) is 0 Å². The Morgan fingerprint density at radius 1 is 1.32 bits per heavy atom. The van der Waals surface area contributed by atoms with Gasteiger partial charge in [-0.1, -0.05) is 25.1 Å². The van der Waals surface area contributed by atoms with Gasteiger partial charge in [-0.15, -0.1) is 0 Å². The smallest absolute Gasteiger partial charge is 0.257 e. The van der Waals surface area contributed by atoms with Crippen LogP contribution in [0, 0.1) is 0 Å². The fraction of sp³-hybridized carbons (Fsp3) is 0.500. The van der Waals surface area contributed by atoms with Gasteiger partial charge in [0.15, 0.2) is 17.3 Å². The Balaban J connectivity index is 1.53. The number of carbonyl (C=O) groups excluding carboxylic acids is 1. The molecule has 132 valence electrons. The monoisotopic (exact) mass is 343 g/mol. The van der Waals surface area contributed by atoms with Crippen molar-refractivity contribution in [3.8, 4) is 11.5 Å². The second kappa shape index (κ2) is 6.38. The molecular weight excluding hydrogens is 322 g/mol. The number of aromatic nitrogens is 2. The summed E-state index contributed by atoms with van der Waals surface area (Å²) in [6, 6.07) is 5.41. The molecule has 1 aromatic heterocycles. The molecule has 0 bridgehead atoms. The van der Waals surface area contributed by atoms with E-state index >= 15 is 0 Å². The molecule has 0 saturated carbocycles. The second-order valence-electron chi connectivity index (χ2n) is 6.78. The quantitative estimate of drug-likeness (QED) is 0.853. The molecule has 25 heavy (non-hydrogen) atoms. The third kappa shape index (κ3) is 2.94. The van der Waals surface area contributed by atoms with Crippen molar-refractivity contribution in [3.63, 3.8) is 0 Å². The molecule has 0 radical (unpaired) electrons. The molecule has 3 heterocycles. The zero-order valence-corrected chi connectivity index (χ0v) is 14.4. The number of benzene rings is 1. The summed E-state index contributed by atoms with van der Waals surface area (Å²) >= 11 is 0. The van der Waals surface area contributed by atoms with Gasteiger partial charge in [-0.2, -0.15) is 4.98 Å². The fourth-order valence-electron chi connectivity index (χ4n) is 3.29. The van der Waals surface area contributed by atoms with Gasteiger partial charge in [0.2, 0.25) is 12.7 Å².